The van der Waals surface area contributed by atoms with Crippen LogP contribution in [0.15, 0.2) is 30.5 Å². The van der Waals surface area contributed by atoms with E-state index >= 15 is 0 Å². The van der Waals surface area contributed by atoms with E-state index in [-0.39, 0.29) is 41.3 Å². The summed E-state index contributed by atoms with van der Waals surface area (Å²) in [6, 6.07) is 6.95. The highest BCUT2D eigenvalue weighted by Crippen LogP contribution is 2.35. The van der Waals surface area contributed by atoms with Gasteiger partial charge in [0.05, 0.1) is 11.9 Å². The van der Waals surface area contributed by atoms with Crippen LogP contribution in [0.2, 0.25) is 0 Å². The fourth-order valence-corrected chi connectivity index (χ4v) is 5.43. The van der Waals surface area contributed by atoms with E-state index in [0.717, 1.165) is 51.4 Å². The van der Waals surface area contributed by atoms with Crippen molar-refractivity contribution in [2.75, 3.05) is 10.2 Å². The van der Waals surface area contributed by atoms with Crippen molar-refractivity contribution in [3.8, 4) is 11.4 Å². The van der Waals surface area contributed by atoms with Gasteiger partial charge in [0.15, 0.2) is 5.75 Å². The van der Waals surface area contributed by atoms with Crippen LogP contribution >= 0.6 is 0 Å². The number of nitrogens with one attached hydrogen (secondary N) is 1. The number of rotatable bonds is 7. The summed E-state index contributed by atoms with van der Waals surface area (Å²) >= 11 is 0. The molecule has 2 N–H and O–H groups in total. The van der Waals surface area contributed by atoms with Gasteiger partial charge < -0.3 is 15.2 Å². The van der Waals surface area contributed by atoms with Crippen molar-refractivity contribution in [2.45, 2.75) is 84.6 Å². The molecule has 0 radical (unpaired) electrons. The first-order valence-corrected chi connectivity index (χ1v) is 13.5. The van der Waals surface area contributed by atoms with E-state index < -0.39 is 6.16 Å². The number of nitrogens with zero attached hydrogens (tertiary/aromatic N) is 3. The smallest absolute Gasteiger partial charge is 0.449 e. The molecule has 0 saturated heterocycles. The number of carbonyl (C=O) groups excluding carboxylic acids is 2. The van der Waals surface area contributed by atoms with Gasteiger partial charge in [0.25, 0.3) is 0 Å². The van der Waals surface area contributed by atoms with E-state index in [4.69, 9.17) is 4.74 Å². The predicted octanol–water partition coefficient (Wildman–Crippen LogP) is 6.02. The Morgan fingerprint density at radius 2 is 1.65 bits per heavy atom. The Balaban J connectivity index is 1.56. The van der Waals surface area contributed by atoms with Crippen LogP contribution in [0.3, 0.4) is 0 Å². The molecule has 2 saturated carbocycles. The molecule has 200 valence electrons. The summed E-state index contributed by atoms with van der Waals surface area (Å²) in [6.07, 6.45) is 8.86. The lowest BCUT2D eigenvalue weighted by molar-refractivity contribution is -0.124. The summed E-state index contributed by atoms with van der Waals surface area (Å²) in [6.45, 7) is 5.97. The molecule has 9 heteroatoms. The third-order valence-electron chi connectivity index (χ3n) is 7.58. The van der Waals surface area contributed by atoms with Gasteiger partial charge >= 0.3 is 6.16 Å². The molecule has 0 bridgehead atoms. The normalized spacial score (nSPS) is 20.4. The van der Waals surface area contributed by atoms with E-state index in [0.29, 0.717) is 17.3 Å². The molecular weight excluding hydrogens is 472 g/mol. The average Bonchev–Trinajstić information content (AvgIpc) is 3.27. The summed E-state index contributed by atoms with van der Waals surface area (Å²) in [7, 11) is 0. The van der Waals surface area contributed by atoms with Crippen LogP contribution in [0.25, 0.3) is 5.69 Å². The number of aromatic nitrogens is 2. The molecule has 1 aromatic carbocycles. The minimum absolute atomic E-state index is 0.00778. The predicted molar refractivity (Wildman–Crippen MR) is 141 cm³/mol. The van der Waals surface area contributed by atoms with Crippen LogP contribution in [0.5, 0.6) is 5.75 Å². The average molecular weight is 511 g/mol. The zero-order valence-corrected chi connectivity index (χ0v) is 22.0. The van der Waals surface area contributed by atoms with Crippen LogP contribution in [0.1, 0.15) is 78.6 Å². The minimum Gasteiger partial charge on any atom is -0.449 e. The maximum Gasteiger partial charge on any atom is 0.511 e. The van der Waals surface area contributed by atoms with Gasteiger partial charge in [0.1, 0.15) is 0 Å². The van der Waals surface area contributed by atoms with Crippen LogP contribution in [0.4, 0.5) is 16.3 Å². The summed E-state index contributed by atoms with van der Waals surface area (Å²) in [4.78, 5) is 39.1. The zero-order valence-electron chi connectivity index (χ0n) is 22.0. The highest BCUT2D eigenvalue weighted by molar-refractivity contribution is 5.96. The molecule has 0 aliphatic heterocycles. The fourth-order valence-electron chi connectivity index (χ4n) is 5.43. The van der Waals surface area contributed by atoms with Gasteiger partial charge in [-0.2, -0.15) is 0 Å². The van der Waals surface area contributed by atoms with Crippen molar-refractivity contribution in [1.29, 1.82) is 0 Å². The summed E-state index contributed by atoms with van der Waals surface area (Å²) in [5.74, 6) is 0.747. The first-order chi connectivity index (χ1) is 17.7. The molecule has 4 rings (SSSR count). The molecule has 1 heterocycles. The molecule has 2 aliphatic rings. The first kappa shape index (κ1) is 26.7. The Kier molecular flexibility index (Phi) is 8.51. The third-order valence-corrected chi connectivity index (χ3v) is 7.58. The molecule has 2 aromatic rings. The van der Waals surface area contributed by atoms with Crippen LogP contribution < -0.4 is 15.0 Å². The molecule has 2 amide bonds. The minimum atomic E-state index is -1.47. The van der Waals surface area contributed by atoms with Crippen LogP contribution in [-0.4, -0.2) is 38.9 Å². The van der Waals surface area contributed by atoms with E-state index in [1.165, 1.54) is 17.3 Å². The SMILES string of the molecule is CC(C)N(c1nn(-c2ccc(NC(=O)C3CCCCC3)cc2)cc1OC(=O)O)C(=O)[C@H]1CC[C@H](C)CC1. The number of benzene rings is 1. The fraction of sp³-hybridized carbons (Fsp3) is 0.571. The number of ether oxygens (including phenoxy) is 1. The Labute approximate surface area is 218 Å². The molecule has 2 aliphatic carbocycles. The molecule has 2 fully saturated rings. The Morgan fingerprint density at radius 3 is 2.24 bits per heavy atom. The molecule has 1 aromatic heterocycles. The molecule has 9 nitrogen and oxygen atoms in total. The molecule has 37 heavy (non-hydrogen) atoms. The van der Waals surface area contributed by atoms with Gasteiger partial charge in [-0.15, -0.1) is 5.10 Å². The highest BCUT2D eigenvalue weighted by atomic mass is 16.7. The van der Waals surface area contributed by atoms with Crippen molar-refractivity contribution in [3.05, 3.63) is 30.5 Å². The molecule has 0 atom stereocenters. The highest BCUT2D eigenvalue weighted by Gasteiger charge is 2.34. The van der Waals surface area contributed by atoms with Crippen molar-refractivity contribution in [1.82, 2.24) is 9.78 Å². The summed E-state index contributed by atoms with van der Waals surface area (Å²) in [5.41, 5.74) is 1.35. The van der Waals surface area contributed by atoms with Crippen LogP contribution in [0, 0.1) is 17.8 Å². The number of hydrogen-bond donors (Lipinski definition) is 2. The van der Waals surface area contributed by atoms with Crippen molar-refractivity contribution >= 4 is 29.5 Å². The van der Waals surface area contributed by atoms with Crippen molar-refractivity contribution in [2.24, 2.45) is 17.8 Å². The lowest BCUT2D eigenvalue weighted by Gasteiger charge is -2.32. The second-order valence-corrected chi connectivity index (χ2v) is 10.8. The second-order valence-electron chi connectivity index (χ2n) is 10.8. The number of hydrogen-bond acceptors (Lipinski definition) is 5. The van der Waals surface area contributed by atoms with Crippen molar-refractivity contribution < 1.29 is 24.2 Å². The number of carbonyl (C=O) groups is 3. The number of anilines is 2. The van der Waals surface area contributed by atoms with E-state index in [2.05, 4.69) is 17.3 Å². The van der Waals surface area contributed by atoms with Crippen LogP contribution in [-0.2, 0) is 9.59 Å². The lowest BCUT2D eigenvalue weighted by atomic mass is 9.82. The largest absolute Gasteiger partial charge is 0.511 e. The standard InChI is InChI=1S/C28H38N4O5/c1-18(2)32(27(34)21-11-9-19(3)10-12-21)25-24(37-28(35)36)17-31(30-25)23-15-13-22(14-16-23)29-26(33)20-7-5-4-6-8-20/h13-21H,4-12H2,1-3H3,(H,29,33)(H,35,36)/t19-,21-. The van der Waals surface area contributed by atoms with Gasteiger partial charge in [0, 0.05) is 23.6 Å². The third kappa shape index (κ3) is 6.50. The van der Waals surface area contributed by atoms with Gasteiger partial charge in [-0.05, 0) is 82.6 Å². The van der Waals surface area contributed by atoms with E-state index in [9.17, 15) is 19.5 Å². The van der Waals surface area contributed by atoms with Gasteiger partial charge in [0.2, 0.25) is 17.6 Å². The monoisotopic (exact) mass is 510 g/mol. The Hall–Kier alpha value is -3.36. The topological polar surface area (TPSA) is 114 Å². The molecule has 0 unspecified atom stereocenters. The maximum absolute atomic E-state index is 13.5. The number of carboxylic acid groups (broad SMARTS) is 1. The van der Waals surface area contributed by atoms with E-state index in [1.54, 1.807) is 29.2 Å². The first-order valence-electron chi connectivity index (χ1n) is 13.5. The second kappa shape index (κ2) is 11.8. The van der Waals surface area contributed by atoms with Gasteiger partial charge in [-0.1, -0.05) is 26.2 Å². The Morgan fingerprint density at radius 1 is 1.00 bits per heavy atom. The van der Waals surface area contributed by atoms with Gasteiger partial charge in [-0.25, -0.2) is 9.48 Å². The summed E-state index contributed by atoms with van der Waals surface area (Å²) < 4.78 is 6.57. The molecular formula is C28H38N4O5. The quantitative estimate of drug-likeness (QED) is 0.441. The van der Waals surface area contributed by atoms with Gasteiger partial charge in [-0.3, -0.25) is 14.5 Å². The number of amides is 2. The summed E-state index contributed by atoms with van der Waals surface area (Å²) in [5, 5.41) is 16.9. The lowest BCUT2D eigenvalue weighted by Crippen LogP contribution is -2.42. The molecule has 0 spiro atoms. The Bertz CT molecular complexity index is 1100. The maximum atomic E-state index is 13.5. The van der Waals surface area contributed by atoms with E-state index in [1.807, 2.05) is 13.8 Å². The zero-order chi connectivity index (χ0) is 26.5. The van der Waals surface area contributed by atoms with Crippen molar-refractivity contribution in [3.63, 3.8) is 0 Å².